The predicted octanol–water partition coefficient (Wildman–Crippen LogP) is 8.61. The average Bonchev–Trinajstić information content (AvgIpc) is 3.12. The number of ether oxygens (including phenoxy) is 3. The monoisotopic (exact) mass is 701 g/mol. The quantitative estimate of drug-likeness (QED) is 0.114. The van der Waals surface area contributed by atoms with Crippen molar-refractivity contribution >= 4 is 29.2 Å². The maximum absolute atomic E-state index is 13.3. The van der Waals surface area contributed by atoms with Gasteiger partial charge in [-0.25, -0.2) is 0 Å². The van der Waals surface area contributed by atoms with Gasteiger partial charge < -0.3 is 29.7 Å². The fourth-order valence-corrected chi connectivity index (χ4v) is 6.26. The van der Waals surface area contributed by atoms with E-state index in [1.165, 1.54) is 25.7 Å². The van der Waals surface area contributed by atoms with Crippen LogP contribution in [0.1, 0.15) is 104 Å². The molecule has 51 heavy (non-hydrogen) atoms. The first-order valence-corrected chi connectivity index (χ1v) is 18.3. The van der Waals surface area contributed by atoms with Crippen LogP contribution >= 0.6 is 0 Å². The molecular weight excluding hydrogens is 642 g/mol. The zero-order valence-corrected chi connectivity index (χ0v) is 32.0. The maximum Gasteiger partial charge on any atom is 0.325 e. The van der Waals surface area contributed by atoms with Gasteiger partial charge in [0, 0.05) is 24.0 Å². The Balaban J connectivity index is 1.84. The van der Waals surface area contributed by atoms with Crippen LogP contribution in [0.5, 0.6) is 11.5 Å². The Labute approximate surface area is 305 Å². The highest BCUT2D eigenvalue weighted by Gasteiger charge is 2.32. The summed E-state index contributed by atoms with van der Waals surface area (Å²) < 4.78 is 17.2. The Kier molecular flexibility index (Phi) is 15.8. The molecule has 9 nitrogen and oxygen atoms in total. The van der Waals surface area contributed by atoms with Crippen molar-refractivity contribution in [3.8, 4) is 11.5 Å². The van der Waals surface area contributed by atoms with E-state index >= 15 is 0 Å². The van der Waals surface area contributed by atoms with Crippen molar-refractivity contribution < 1.29 is 28.6 Å². The molecule has 2 N–H and O–H groups in total. The second kappa shape index (κ2) is 19.8. The van der Waals surface area contributed by atoms with Gasteiger partial charge in [0.1, 0.15) is 18.2 Å². The Morgan fingerprint density at radius 2 is 1.45 bits per heavy atom. The molecule has 0 aromatic heterocycles. The number of methoxy groups -OCH3 is 1. The van der Waals surface area contributed by atoms with Gasteiger partial charge in [0.05, 0.1) is 7.11 Å². The van der Waals surface area contributed by atoms with E-state index in [0.717, 1.165) is 42.7 Å². The van der Waals surface area contributed by atoms with E-state index < -0.39 is 29.4 Å². The molecule has 3 aromatic rings. The van der Waals surface area contributed by atoms with Crippen molar-refractivity contribution in [2.24, 2.45) is 5.41 Å². The number of amides is 2. The summed E-state index contributed by atoms with van der Waals surface area (Å²) in [6, 6.07) is 22.2. The molecule has 0 heterocycles. The smallest absolute Gasteiger partial charge is 0.325 e. The van der Waals surface area contributed by atoms with E-state index in [1.54, 1.807) is 52.1 Å². The van der Waals surface area contributed by atoms with E-state index in [9.17, 15) is 14.4 Å². The molecular formula is C42H59N3O6. The molecule has 278 valence electrons. The number of anilines is 2. The second-order valence-electron chi connectivity index (χ2n) is 14.3. The van der Waals surface area contributed by atoms with E-state index in [1.807, 2.05) is 31.2 Å². The molecule has 0 radical (unpaired) electrons. The van der Waals surface area contributed by atoms with Gasteiger partial charge in [0.25, 0.3) is 5.91 Å². The average molecular weight is 702 g/mol. The van der Waals surface area contributed by atoms with Gasteiger partial charge in [-0.3, -0.25) is 14.4 Å². The molecule has 2 amide bonds. The fraction of sp³-hybridized carbons (Fsp3) is 0.500. The lowest BCUT2D eigenvalue weighted by molar-refractivity contribution is -0.154. The Morgan fingerprint density at radius 1 is 0.843 bits per heavy atom. The molecule has 0 saturated heterocycles. The van der Waals surface area contributed by atoms with Crippen LogP contribution < -0.4 is 25.0 Å². The van der Waals surface area contributed by atoms with E-state index in [-0.39, 0.29) is 18.6 Å². The van der Waals surface area contributed by atoms with Crippen LogP contribution in [0, 0.1) is 12.3 Å². The largest absolute Gasteiger partial charge is 0.493 e. The number of carbonyl (C=O) groups is 3. The summed E-state index contributed by atoms with van der Waals surface area (Å²) in [6.45, 7) is 14.3. The van der Waals surface area contributed by atoms with Gasteiger partial charge in [0.15, 0.2) is 18.1 Å². The lowest BCUT2D eigenvalue weighted by Crippen LogP contribution is -2.44. The Morgan fingerprint density at radius 3 is 2.00 bits per heavy atom. The summed E-state index contributed by atoms with van der Waals surface area (Å²) in [4.78, 5) is 41.2. The van der Waals surface area contributed by atoms with Gasteiger partial charge in [0.2, 0.25) is 5.91 Å². The van der Waals surface area contributed by atoms with Crippen molar-refractivity contribution in [1.29, 1.82) is 0 Å². The summed E-state index contributed by atoms with van der Waals surface area (Å²) in [5.74, 6) is -0.698. The molecule has 0 fully saturated rings. The fourth-order valence-electron chi connectivity index (χ4n) is 6.26. The predicted molar refractivity (Wildman–Crippen MR) is 205 cm³/mol. The lowest BCUT2D eigenvalue weighted by Gasteiger charge is -2.40. The molecule has 3 rings (SSSR count). The molecule has 9 heteroatoms. The first-order valence-electron chi connectivity index (χ1n) is 18.3. The Bertz CT molecular complexity index is 1530. The number of hydrogen-bond acceptors (Lipinski definition) is 7. The molecule has 0 spiro atoms. The minimum absolute atomic E-state index is 0.156. The lowest BCUT2D eigenvalue weighted by atomic mass is 9.75. The van der Waals surface area contributed by atoms with Gasteiger partial charge in [-0.2, -0.15) is 0 Å². The second-order valence-corrected chi connectivity index (χ2v) is 14.3. The highest BCUT2D eigenvalue weighted by Crippen LogP contribution is 2.43. The van der Waals surface area contributed by atoms with Gasteiger partial charge in [-0.1, -0.05) is 95.0 Å². The van der Waals surface area contributed by atoms with Crippen molar-refractivity contribution in [3.63, 3.8) is 0 Å². The first-order chi connectivity index (χ1) is 24.3. The van der Waals surface area contributed by atoms with Crippen LogP contribution in [0.2, 0.25) is 0 Å². The molecule has 1 atom stereocenters. The van der Waals surface area contributed by atoms with Crippen molar-refractivity contribution in [2.45, 2.75) is 105 Å². The number of benzene rings is 3. The number of carbonyl (C=O) groups excluding carboxylic acids is 3. The van der Waals surface area contributed by atoms with Crippen LogP contribution in [0.25, 0.3) is 0 Å². The number of nitrogens with zero attached hydrogens (tertiary/aromatic N) is 1. The topological polar surface area (TPSA) is 106 Å². The van der Waals surface area contributed by atoms with Gasteiger partial charge in [-0.05, 0) is 81.7 Å². The van der Waals surface area contributed by atoms with Crippen LogP contribution in [0.4, 0.5) is 11.4 Å². The minimum atomic E-state index is -1.05. The minimum Gasteiger partial charge on any atom is -0.493 e. The molecule has 1 unspecified atom stereocenters. The molecule has 3 aromatic carbocycles. The normalized spacial score (nSPS) is 12.1. The number of aryl methyl sites for hydroxylation is 1. The number of unbranched alkanes of at least 4 members (excludes halogenated alkanes) is 2. The summed E-state index contributed by atoms with van der Waals surface area (Å²) in [7, 11) is 1.59. The van der Waals surface area contributed by atoms with Gasteiger partial charge in [-0.15, -0.1) is 0 Å². The van der Waals surface area contributed by atoms with Crippen LogP contribution in [0.15, 0.2) is 72.8 Å². The number of rotatable bonds is 20. The third-order valence-electron chi connectivity index (χ3n) is 9.09. The maximum atomic E-state index is 13.3. The zero-order chi connectivity index (χ0) is 37.4. The van der Waals surface area contributed by atoms with E-state index in [0.29, 0.717) is 17.1 Å². The number of esters is 1. The molecule has 0 aliphatic carbocycles. The van der Waals surface area contributed by atoms with E-state index in [4.69, 9.17) is 14.2 Å². The molecule has 0 aliphatic rings. The Hall–Kier alpha value is -4.53. The third-order valence-corrected chi connectivity index (χ3v) is 9.09. The van der Waals surface area contributed by atoms with E-state index in [2.05, 4.69) is 60.6 Å². The third kappa shape index (κ3) is 12.6. The summed E-state index contributed by atoms with van der Waals surface area (Å²) >= 11 is 0. The van der Waals surface area contributed by atoms with Crippen LogP contribution in [-0.2, 0) is 19.1 Å². The van der Waals surface area contributed by atoms with Crippen molar-refractivity contribution in [3.05, 3.63) is 83.9 Å². The first kappa shape index (κ1) is 40.9. The van der Waals surface area contributed by atoms with Gasteiger partial charge >= 0.3 is 5.97 Å². The SMILES string of the molecule is CCCCC(CC)(CCCC)CN(c1ccccc1)c1cc(OC)c(OCC(=O)NC(C(=O)NCC(=O)OC(C)(C)C)c2ccccc2)cc1C. The number of hydrogen-bond donors (Lipinski definition) is 2. The molecule has 0 saturated carbocycles. The highest BCUT2D eigenvalue weighted by molar-refractivity contribution is 5.91. The molecule has 0 bridgehead atoms. The number of para-hydroxylation sites is 1. The highest BCUT2D eigenvalue weighted by atomic mass is 16.6. The van der Waals surface area contributed by atoms with Crippen LogP contribution in [-0.4, -0.2) is 50.2 Å². The van der Waals surface area contributed by atoms with Crippen molar-refractivity contribution in [2.75, 3.05) is 31.7 Å². The van der Waals surface area contributed by atoms with Crippen molar-refractivity contribution in [1.82, 2.24) is 10.6 Å². The summed E-state index contributed by atoms with van der Waals surface area (Å²) in [5, 5.41) is 5.35. The summed E-state index contributed by atoms with van der Waals surface area (Å²) in [6.07, 6.45) is 8.12. The number of nitrogens with one attached hydrogen (secondary N) is 2. The van der Waals surface area contributed by atoms with Crippen LogP contribution in [0.3, 0.4) is 0 Å². The molecule has 0 aliphatic heterocycles. The summed E-state index contributed by atoms with van der Waals surface area (Å²) in [5.41, 5.74) is 3.14. The standard InChI is InChI=1S/C42H59N3O6/c1-9-12-24-42(11-3,25-13-10-2)30-45(33-22-18-15-19-23-33)34-27-35(49-8)36(26-31(34)4)50-29-37(46)44-39(32-20-16-14-17-21-32)40(48)43-28-38(47)51-41(5,6)7/h14-23,26-27,39H,9-13,24-25,28-30H2,1-8H3,(H,43,48)(H,44,46). The zero-order valence-electron chi connectivity index (χ0n) is 32.0.